The maximum atomic E-state index is 12.1. The number of carbonyl (C=O) groups is 1. The summed E-state index contributed by atoms with van der Waals surface area (Å²) in [6.45, 7) is 2.95. The van der Waals surface area contributed by atoms with Crippen LogP contribution in [0.2, 0.25) is 0 Å². The van der Waals surface area contributed by atoms with E-state index in [4.69, 9.17) is 0 Å². The van der Waals surface area contributed by atoms with Crippen molar-refractivity contribution in [3.63, 3.8) is 0 Å². The first kappa shape index (κ1) is 9.40. The Morgan fingerprint density at radius 2 is 2.13 bits per heavy atom. The summed E-state index contributed by atoms with van der Waals surface area (Å²) in [4.78, 5) is 14.1. The molecule has 0 bridgehead atoms. The van der Waals surface area contributed by atoms with E-state index >= 15 is 0 Å². The van der Waals surface area contributed by atoms with Crippen molar-refractivity contribution in [1.82, 2.24) is 4.90 Å². The highest BCUT2D eigenvalue weighted by Gasteiger charge is 2.48. The highest BCUT2D eigenvalue weighted by molar-refractivity contribution is 9.10. The van der Waals surface area contributed by atoms with Gasteiger partial charge in [0.1, 0.15) is 0 Å². The SMILES string of the molecule is CC1(N2Cc3cc(Br)ccc3C2=O)CC1. The minimum atomic E-state index is 0.141. The van der Waals surface area contributed by atoms with Gasteiger partial charge in [0.25, 0.3) is 5.91 Å². The van der Waals surface area contributed by atoms with Crippen molar-refractivity contribution in [2.45, 2.75) is 31.8 Å². The highest BCUT2D eigenvalue weighted by atomic mass is 79.9. The van der Waals surface area contributed by atoms with Gasteiger partial charge in [0.2, 0.25) is 0 Å². The van der Waals surface area contributed by atoms with E-state index in [-0.39, 0.29) is 11.4 Å². The Morgan fingerprint density at radius 3 is 2.80 bits per heavy atom. The van der Waals surface area contributed by atoms with E-state index in [1.54, 1.807) is 0 Å². The van der Waals surface area contributed by atoms with Crippen LogP contribution < -0.4 is 0 Å². The smallest absolute Gasteiger partial charge is 0.254 e. The van der Waals surface area contributed by atoms with Gasteiger partial charge in [-0.3, -0.25) is 4.79 Å². The van der Waals surface area contributed by atoms with Crippen LogP contribution in [0.3, 0.4) is 0 Å². The molecule has 1 aromatic carbocycles. The second-order valence-electron chi connectivity index (χ2n) is 4.69. The molecule has 0 atom stereocenters. The van der Waals surface area contributed by atoms with E-state index in [1.807, 2.05) is 17.0 Å². The van der Waals surface area contributed by atoms with Gasteiger partial charge < -0.3 is 4.90 Å². The molecule has 0 radical (unpaired) electrons. The Balaban J connectivity index is 2.01. The van der Waals surface area contributed by atoms with Crippen molar-refractivity contribution in [2.75, 3.05) is 0 Å². The predicted molar refractivity (Wildman–Crippen MR) is 61.7 cm³/mol. The molecule has 0 spiro atoms. The third-order valence-corrected chi connectivity index (χ3v) is 3.99. The summed E-state index contributed by atoms with van der Waals surface area (Å²) in [6.07, 6.45) is 2.29. The van der Waals surface area contributed by atoms with Crippen LogP contribution in [0.25, 0.3) is 0 Å². The van der Waals surface area contributed by atoms with E-state index < -0.39 is 0 Å². The number of halogens is 1. The average molecular weight is 266 g/mol. The molecule has 3 heteroatoms. The molecule has 2 aliphatic rings. The second kappa shape index (κ2) is 2.85. The molecule has 0 aromatic heterocycles. The van der Waals surface area contributed by atoms with Gasteiger partial charge >= 0.3 is 0 Å². The van der Waals surface area contributed by atoms with Crippen LogP contribution in [-0.4, -0.2) is 16.3 Å². The number of rotatable bonds is 1. The van der Waals surface area contributed by atoms with Gasteiger partial charge in [-0.15, -0.1) is 0 Å². The summed E-state index contributed by atoms with van der Waals surface area (Å²) in [5.74, 6) is 0.206. The van der Waals surface area contributed by atoms with E-state index in [9.17, 15) is 4.79 Å². The Morgan fingerprint density at radius 1 is 1.40 bits per heavy atom. The average Bonchev–Trinajstić information content (AvgIpc) is 2.84. The minimum absolute atomic E-state index is 0.141. The number of hydrogen-bond donors (Lipinski definition) is 0. The molecule has 1 heterocycles. The lowest BCUT2D eigenvalue weighted by atomic mass is 10.1. The summed E-state index contributed by atoms with van der Waals surface area (Å²) in [6, 6.07) is 5.92. The number of benzene rings is 1. The monoisotopic (exact) mass is 265 g/mol. The van der Waals surface area contributed by atoms with Crippen LogP contribution in [0, 0.1) is 0 Å². The standard InChI is InChI=1S/C12H12BrNO/c1-12(4-5-12)14-7-8-6-9(13)2-3-10(8)11(14)15/h2-3,6H,4-5,7H2,1H3. The zero-order valence-electron chi connectivity index (χ0n) is 8.59. The minimum Gasteiger partial charge on any atom is -0.329 e. The fourth-order valence-electron chi connectivity index (χ4n) is 2.18. The van der Waals surface area contributed by atoms with E-state index in [2.05, 4.69) is 28.9 Å². The van der Waals surface area contributed by atoms with Crippen molar-refractivity contribution in [3.8, 4) is 0 Å². The largest absolute Gasteiger partial charge is 0.329 e. The molecule has 1 saturated carbocycles. The molecule has 1 aliphatic carbocycles. The number of hydrogen-bond acceptors (Lipinski definition) is 1. The van der Waals surface area contributed by atoms with Gasteiger partial charge in [0, 0.05) is 22.1 Å². The van der Waals surface area contributed by atoms with Crippen molar-refractivity contribution >= 4 is 21.8 Å². The number of nitrogens with zero attached hydrogens (tertiary/aromatic N) is 1. The molecular weight excluding hydrogens is 254 g/mol. The van der Waals surface area contributed by atoms with Crippen LogP contribution in [0.15, 0.2) is 22.7 Å². The molecule has 0 saturated heterocycles. The predicted octanol–water partition coefficient (Wildman–Crippen LogP) is 2.96. The summed E-state index contributed by atoms with van der Waals surface area (Å²) < 4.78 is 1.05. The third-order valence-electron chi connectivity index (χ3n) is 3.50. The lowest BCUT2D eigenvalue weighted by Gasteiger charge is -2.23. The Hall–Kier alpha value is -0.830. The Kier molecular flexibility index (Phi) is 1.78. The highest BCUT2D eigenvalue weighted by Crippen LogP contribution is 2.45. The number of carbonyl (C=O) groups excluding carboxylic acids is 1. The molecular formula is C12H12BrNO. The van der Waals surface area contributed by atoms with Crippen LogP contribution in [0.5, 0.6) is 0 Å². The summed E-state index contributed by atoms with van der Waals surface area (Å²) in [5, 5.41) is 0. The van der Waals surface area contributed by atoms with E-state index in [1.165, 1.54) is 0 Å². The molecule has 1 fully saturated rings. The van der Waals surface area contributed by atoms with Gasteiger partial charge in [-0.1, -0.05) is 15.9 Å². The van der Waals surface area contributed by atoms with Crippen LogP contribution in [0.4, 0.5) is 0 Å². The van der Waals surface area contributed by atoms with Crippen LogP contribution >= 0.6 is 15.9 Å². The molecule has 1 aliphatic heterocycles. The van der Waals surface area contributed by atoms with Gasteiger partial charge in [0.05, 0.1) is 0 Å². The van der Waals surface area contributed by atoms with Gasteiger partial charge in [-0.25, -0.2) is 0 Å². The van der Waals surface area contributed by atoms with Gasteiger partial charge in [-0.05, 0) is 43.5 Å². The fourth-order valence-corrected chi connectivity index (χ4v) is 2.58. The van der Waals surface area contributed by atoms with E-state index in [0.717, 1.165) is 35.0 Å². The first-order valence-electron chi connectivity index (χ1n) is 5.21. The second-order valence-corrected chi connectivity index (χ2v) is 5.61. The maximum absolute atomic E-state index is 12.1. The molecule has 1 aromatic rings. The zero-order chi connectivity index (χ0) is 10.6. The van der Waals surface area contributed by atoms with Crippen molar-refractivity contribution in [3.05, 3.63) is 33.8 Å². The summed E-state index contributed by atoms with van der Waals surface area (Å²) in [5.41, 5.74) is 2.18. The van der Waals surface area contributed by atoms with Crippen LogP contribution in [0.1, 0.15) is 35.7 Å². The molecule has 2 nitrogen and oxygen atoms in total. The molecule has 3 rings (SSSR count). The fraction of sp³-hybridized carbons (Fsp3) is 0.417. The Bertz CT molecular complexity index is 451. The lowest BCUT2D eigenvalue weighted by molar-refractivity contribution is 0.0693. The van der Waals surface area contributed by atoms with Crippen molar-refractivity contribution < 1.29 is 4.79 Å². The lowest BCUT2D eigenvalue weighted by Crippen LogP contribution is -2.34. The summed E-state index contributed by atoms with van der Waals surface area (Å²) in [7, 11) is 0. The summed E-state index contributed by atoms with van der Waals surface area (Å²) >= 11 is 3.44. The number of fused-ring (bicyclic) bond motifs is 1. The first-order chi connectivity index (χ1) is 7.10. The molecule has 78 valence electrons. The topological polar surface area (TPSA) is 20.3 Å². The van der Waals surface area contributed by atoms with Crippen molar-refractivity contribution in [1.29, 1.82) is 0 Å². The molecule has 0 unspecified atom stereocenters. The third kappa shape index (κ3) is 1.33. The van der Waals surface area contributed by atoms with Crippen molar-refractivity contribution in [2.24, 2.45) is 0 Å². The normalized spacial score (nSPS) is 21.7. The zero-order valence-corrected chi connectivity index (χ0v) is 10.2. The van der Waals surface area contributed by atoms with E-state index in [0.29, 0.717) is 0 Å². The number of amides is 1. The molecule has 1 amide bonds. The van der Waals surface area contributed by atoms with Crippen LogP contribution in [-0.2, 0) is 6.54 Å². The quantitative estimate of drug-likeness (QED) is 0.765. The molecule has 0 N–H and O–H groups in total. The maximum Gasteiger partial charge on any atom is 0.254 e. The first-order valence-corrected chi connectivity index (χ1v) is 6.00. The van der Waals surface area contributed by atoms with Gasteiger partial charge in [-0.2, -0.15) is 0 Å². The molecule has 15 heavy (non-hydrogen) atoms. The van der Waals surface area contributed by atoms with Gasteiger partial charge in [0.15, 0.2) is 0 Å². The Labute approximate surface area is 97.4 Å².